The molecule has 0 saturated heterocycles. The molecule has 0 saturated carbocycles. The maximum absolute atomic E-state index is 11.9. The molecule has 0 aliphatic rings. The van der Waals surface area contributed by atoms with Crippen LogP contribution in [-0.4, -0.2) is 23.9 Å². The third-order valence-corrected chi connectivity index (χ3v) is 2.65. The molecule has 0 heterocycles. The molecule has 1 aromatic carbocycles. The van der Waals surface area contributed by atoms with Gasteiger partial charge in [-0.2, -0.15) is 13.2 Å². The summed E-state index contributed by atoms with van der Waals surface area (Å²) in [6, 6.07) is 5.99. The van der Waals surface area contributed by atoms with Crippen LogP contribution in [0.5, 0.6) is 5.75 Å². The highest BCUT2D eigenvalue weighted by molar-refractivity contribution is 5.70. The number of alkyl halides is 3. The van der Waals surface area contributed by atoms with Gasteiger partial charge in [-0.05, 0) is 30.5 Å². The summed E-state index contributed by atoms with van der Waals surface area (Å²) in [5, 5.41) is 8.91. The summed E-state index contributed by atoms with van der Waals surface area (Å²) >= 11 is 0. The molecule has 0 fully saturated rings. The largest absolute Gasteiger partial charge is 0.484 e. The lowest BCUT2D eigenvalue weighted by Gasteiger charge is -2.11. The summed E-state index contributed by atoms with van der Waals surface area (Å²) in [5.41, 5.74) is 0.758. The van der Waals surface area contributed by atoms with Gasteiger partial charge >= 0.3 is 12.1 Å². The molecule has 1 rings (SSSR count). The standard InChI is InChI=1S/C13H15F3O3/c1-2-10(12(17)18)7-9-3-5-11(6-4-9)19-8-13(14,15)16/h3-6,10H,2,7-8H2,1H3,(H,17,18). The van der Waals surface area contributed by atoms with Crippen molar-refractivity contribution in [3.8, 4) is 5.75 Å². The Morgan fingerprint density at radius 1 is 1.32 bits per heavy atom. The average molecular weight is 276 g/mol. The molecule has 0 aliphatic carbocycles. The molecule has 0 bridgehead atoms. The van der Waals surface area contributed by atoms with Crippen LogP contribution in [0.25, 0.3) is 0 Å². The number of hydrogen-bond acceptors (Lipinski definition) is 2. The highest BCUT2D eigenvalue weighted by Crippen LogP contribution is 2.20. The molecular weight excluding hydrogens is 261 g/mol. The van der Waals surface area contributed by atoms with E-state index in [1.807, 2.05) is 0 Å². The quantitative estimate of drug-likeness (QED) is 0.867. The summed E-state index contributed by atoms with van der Waals surface area (Å²) < 4.78 is 40.4. The van der Waals surface area contributed by atoms with Crippen LogP contribution in [0, 0.1) is 5.92 Å². The van der Waals surface area contributed by atoms with E-state index in [4.69, 9.17) is 5.11 Å². The Kier molecular flexibility index (Phi) is 5.20. The van der Waals surface area contributed by atoms with Gasteiger partial charge in [0.2, 0.25) is 0 Å². The molecule has 0 spiro atoms. The summed E-state index contributed by atoms with van der Waals surface area (Å²) in [5.74, 6) is -1.24. The van der Waals surface area contributed by atoms with Crippen molar-refractivity contribution in [3.05, 3.63) is 29.8 Å². The van der Waals surface area contributed by atoms with Crippen LogP contribution in [-0.2, 0) is 11.2 Å². The smallest absolute Gasteiger partial charge is 0.422 e. The number of benzene rings is 1. The normalized spacial score (nSPS) is 13.1. The molecule has 6 heteroatoms. The Hall–Kier alpha value is -1.72. The van der Waals surface area contributed by atoms with Gasteiger partial charge in [0.25, 0.3) is 0 Å². The summed E-state index contributed by atoms with van der Waals surface area (Å²) in [6.45, 7) is 0.443. The van der Waals surface area contributed by atoms with Gasteiger partial charge < -0.3 is 9.84 Å². The maximum atomic E-state index is 11.9. The number of rotatable bonds is 6. The van der Waals surface area contributed by atoms with Crippen LogP contribution in [0.1, 0.15) is 18.9 Å². The molecule has 0 aromatic heterocycles. The lowest BCUT2D eigenvalue weighted by molar-refractivity contribution is -0.153. The fourth-order valence-corrected chi connectivity index (χ4v) is 1.58. The Morgan fingerprint density at radius 2 is 1.89 bits per heavy atom. The van der Waals surface area contributed by atoms with Crippen molar-refractivity contribution >= 4 is 5.97 Å². The second kappa shape index (κ2) is 6.45. The SMILES string of the molecule is CCC(Cc1ccc(OCC(F)(F)F)cc1)C(=O)O. The number of hydrogen-bond donors (Lipinski definition) is 1. The first-order valence-electron chi connectivity index (χ1n) is 5.83. The lowest BCUT2D eigenvalue weighted by atomic mass is 9.97. The van der Waals surface area contributed by atoms with Crippen molar-refractivity contribution in [2.45, 2.75) is 25.9 Å². The van der Waals surface area contributed by atoms with Crippen LogP contribution < -0.4 is 4.74 Å². The first kappa shape index (κ1) is 15.3. The fraction of sp³-hybridized carbons (Fsp3) is 0.462. The monoisotopic (exact) mass is 276 g/mol. The summed E-state index contributed by atoms with van der Waals surface area (Å²) in [4.78, 5) is 10.9. The fourth-order valence-electron chi connectivity index (χ4n) is 1.58. The van der Waals surface area contributed by atoms with E-state index in [1.165, 1.54) is 12.1 Å². The van der Waals surface area contributed by atoms with E-state index >= 15 is 0 Å². The Labute approximate surface area is 109 Å². The van der Waals surface area contributed by atoms with Crippen molar-refractivity contribution in [1.29, 1.82) is 0 Å². The second-order valence-electron chi connectivity index (χ2n) is 4.20. The minimum absolute atomic E-state index is 0.115. The van der Waals surface area contributed by atoms with E-state index in [1.54, 1.807) is 19.1 Å². The molecule has 106 valence electrons. The summed E-state index contributed by atoms with van der Waals surface area (Å²) in [7, 11) is 0. The molecule has 0 radical (unpaired) electrons. The number of halogens is 3. The zero-order chi connectivity index (χ0) is 14.5. The highest BCUT2D eigenvalue weighted by Gasteiger charge is 2.28. The average Bonchev–Trinajstić information content (AvgIpc) is 2.33. The number of ether oxygens (including phenoxy) is 1. The second-order valence-corrected chi connectivity index (χ2v) is 4.20. The molecule has 0 amide bonds. The van der Waals surface area contributed by atoms with Crippen molar-refractivity contribution in [3.63, 3.8) is 0 Å². The van der Waals surface area contributed by atoms with Crippen molar-refractivity contribution in [2.24, 2.45) is 5.92 Å². The molecule has 1 aromatic rings. The Bertz CT molecular complexity index is 412. The van der Waals surface area contributed by atoms with Crippen LogP contribution in [0.3, 0.4) is 0 Å². The highest BCUT2D eigenvalue weighted by atomic mass is 19.4. The Morgan fingerprint density at radius 3 is 2.32 bits per heavy atom. The third-order valence-electron chi connectivity index (χ3n) is 2.65. The van der Waals surface area contributed by atoms with E-state index in [9.17, 15) is 18.0 Å². The molecule has 3 nitrogen and oxygen atoms in total. The lowest BCUT2D eigenvalue weighted by Crippen LogP contribution is -2.19. The zero-order valence-corrected chi connectivity index (χ0v) is 10.4. The van der Waals surface area contributed by atoms with Gasteiger partial charge in [0, 0.05) is 0 Å². The van der Waals surface area contributed by atoms with Gasteiger partial charge in [0.1, 0.15) is 5.75 Å². The van der Waals surface area contributed by atoms with Gasteiger partial charge in [-0.3, -0.25) is 4.79 Å². The molecule has 0 aliphatic heterocycles. The number of aliphatic carboxylic acids is 1. The minimum atomic E-state index is -4.37. The van der Waals surface area contributed by atoms with Crippen LogP contribution in [0.15, 0.2) is 24.3 Å². The van der Waals surface area contributed by atoms with E-state index in [-0.39, 0.29) is 5.75 Å². The third kappa shape index (κ3) is 5.63. The van der Waals surface area contributed by atoms with Gasteiger partial charge in [-0.25, -0.2) is 0 Å². The zero-order valence-electron chi connectivity index (χ0n) is 10.4. The van der Waals surface area contributed by atoms with Gasteiger partial charge in [0.05, 0.1) is 5.92 Å². The van der Waals surface area contributed by atoms with Gasteiger partial charge in [-0.15, -0.1) is 0 Å². The van der Waals surface area contributed by atoms with E-state index in [0.29, 0.717) is 12.8 Å². The first-order chi connectivity index (χ1) is 8.81. The van der Waals surface area contributed by atoms with E-state index in [2.05, 4.69) is 4.74 Å². The first-order valence-corrected chi connectivity index (χ1v) is 5.83. The van der Waals surface area contributed by atoms with Gasteiger partial charge in [-0.1, -0.05) is 19.1 Å². The molecular formula is C13H15F3O3. The van der Waals surface area contributed by atoms with E-state index in [0.717, 1.165) is 5.56 Å². The Balaban J connectivity index is 2.59. The number of carboxylic acid groups (broad SMARTS) is 1. The van der Waals surface area contributed by atoms with Crippen molar-refractivity contribution in [2.75, 3.05) is 6.61 Å². The van der Waals surface area contributed by atoms with Crippen LogP contribution in [0.4, 0.5) is 13.2 Å². The molecule has 19 heavy (non-hydrogen) atoms. The van der Waals surface area contributed by atoms with E-state index < -0.39 is 24.7 Å². The van der Waals surface area contributed by atoms with Crippen molar-refractivity contribution in [1.82, 2.24) is 0 Å². The predicted octanol–water partition coefficient (Wildman–Crippen LogP) is 3.28. The van der Waals surface area contributed by atoms with Gasteiger partial charge in [0.15, 0.2) is 6.61 Å². The maximum Gasteiger partial charge on any atom is 0.422 e. The van der Waals surface area contributed by atoms with Crippen LogP contribution >= 0.6 is 0 Å². The molecule has 1 N–H and O–H groups in total. The molecule has 1 atom stereocenters. The number of carbonyl (C=O) groups is 1. The summed E-state index contributed by atoms with van der Waals surface area (Å²) in [6.07, 6.45) is -3.51. The van der Waals surface area contributed by atoms with Crippen LogP contribution in [0.2, 0.25) is 0 Å². The number of carboxylic acids is 1. The predicted molar refractivity (Wildman–Crippen MR) is 63.1 cm³/mol. The molecule has 1 unspecified atom stereocenters. The topological polar surface area (TPSA) is 46.5 Å². The minimum Gasteiger partial charge on any atom is -0.484 e. The van der Waals surface area contributed by atoms with Crippen molar-refractivity contribution < 1.29 is 27.8 Å².